The molecule has 21 heavy (non-hydrogen) atoms. The van der Waals surface area contributed by atoms with Gasteiger partial charge in [-0.25, -0.2) is 0 Å². The quantitative estimate of drug-likeness (QED) is 0.857. The highest BCUT2D eigenvalue weighted by Crippen LogP contribution is 2.12. The molecule has 0 amide bonds. The van der Waals surface area contributed by atoms with Gasteiger partial charge in [-0.15, -0.1) is 5.10 Å². The van der Waals surface area contributed by atoms with Crippen LogP contribution in [-0.4, -0.2) is 58.3 Å². The lowest BCUT2D eigenvalue weighted by atomic mass is 10.1. The molecule has 0 bridgehead atoms. The van der Waals surface area contributed by atoms with Crippen LogP contribution >= 0.6 is 0 Å². The fraction of sp³-hybridized carbons (Fsp3) is 0.867. The fourth-order valence-electron chi connectivity index (χ4n) is 2.54. The highest BCUT2D eigenvalue weighted by atomic mass is 16.5. The molecule has 0 radical (unpaired) electrons. The first-order chi connectivity index (χ1) is 9.96. The summed E-state index contributed by atoms with van der Waals surface area (Å²) < 4.78 is 7.40. The van der Waals surface area contributed by atoms with Crippen LogP contribution in [0.1, 0.15) is 39.3 Å². The van der Waals surface area contributed by atoms with Gasteiger partial charge >= 0.3 is 0 Å². The Labute approximate surface area is 127 Å². The van der Waals surface area contributed by atoms with Crippen molar-refractivity contribution in [1.29, 1.82) is 0 Å². The van der Waals surface area contributed by atoms with Gasteiger partial charge in [-0.3, -0.25) is 9.58 Å². The van der Waals surface area contributed by atoms with Crippen LogP contribution < -0.4 is 5.32 Å². The zero-order chi connectivity index (χ0) is 15.3. The van der Waals surface area contributed by atoms with Crippen molar-refractivity contribution in [2.24, 2.45) is 0 Å². The molecular formula is C15H29N5O. The van der Waals surface area contributed by atoms with E-state index >= 15 is 0 Å². The average molecular weight is 295 g/mol. The Morgan fingerprint density at radius 1 is 1.38 bits per heavy atom. The Balaban J connectivity index is 1.75. The third kappa shape index (κ3) is 5.73. The summed E-state index contributed by atoms with van der Waals surface area (Å²) in [5.41, 5.74) is 1.10. The van der Waals surface area contributed by atoms with Crippen molar-refractivity contribution in [2.45, 2.75) is 58.3 Å². The van der Waals surface area contributed by atoms with Gasteiger partial charge < -0.3 is 10.1 Å². The van der Waals surface area contributed by atoms with Crippen LogP contribution in [0.4, 0.5) is 0 Å². The minimum absolute atomic E-state index is 0.104. The van der Waals surface area contributed by atoms with E-state index in [0.717, 1.165) is 38.4 Å². The number of aromatic nitrogens is 3. The fourth-order valence-corrected chi connectivity index (χ4v) is 2.54. The van der Waals surface area contributed by atoms with Crippen molar-refractivity contribution in [3.05, 3.63) is 11.9 Å². The lowest BCUT2D eigenvalue weighted by Crippen LogP contribution is -2.40. The van der Waals surface area contributed by atoms with Gasteiger partial charge in [0.1, 0.15) is 0 Å². The number of hydrogen-bond acceptors (Lipinski definition) is 5. The first kappa shape index (κ1) is 16.4. The molecule has 1 aromatic rings. The maximum Gasteiger partial charge on any atom is 0.0965 e. The van der Waals surface area contributed by atoms with Crippen LogP contribution in [0.5, 0.6) is 0 Å². The second kappa shape index (κ2) is 7.33. The highest BCUT2D eigenvalue weighted by Gasteiger charge is 2.19. The van der Waals surface area contributed by atoms with Crippen LogP contribution in [-0.2, 0) is 17.8 Å². The zero-order valence-corrected chi connectivity index (χ0v) is 13.8. The van der Waals surface area contributed by atoms with Gasteiger partial charge in [0.15, 0.2) is 0 Å². The summed E-state index contributed by atoms with van der Waals surface area (Å²) >= 11 is 0. The molecule has 1 N–H and O–H groups in total. The van der Waals surface area contributed by atoms with Gasteiger partial charge in [0.2, 0.25) is 0 Å². The van der Waals surface area contributed by atoms with E-state index in [2.05, 4.69) is 41.3 Å². The molecule has 0 spiro atoms. The number of piperidine rings is 1. The number of rotatable bonds is 6. The molecule has 1 saturated heterocycles. The summed E-state index contributed by atoms with van der Waals surface area (Å²) in [6.45, 7) is 11.3. The monoisotopic (exact) mass is 295 g/mol. The van der Waals surface area contributed by atoms with Crippen LogP contribution in [0.2, 0.25) is 0 Å². The Kier molecular flexibility index (Phi) is 5.72. The van der Waals surface area contributed by atoms with Crippen molar-refractivity contribution >= 4 is 0 Å². The molecule has 0 saturated carbocycles. The van der Waals surface area contributed by atoms with Gasteiger partial charge in [-0.2, -0.15) is 0 Å². The third-order valence-electron chi connectivity index (χ3n) is 3.83. The molecule has 1 fully saturated rings. The molecule has 6 heteroatoms. The highest BCUT2D eigenvalue weighted by molar-refractivity contribution is 4.93. The summed E-state index contributed by atoms with van der Waals surface area (Å²) in [6.07, 6.45) is 4.83. The van der Waals surface area contributed by atoms with Crippen LogP contribution in [0.15, 0.2) is 6.20 Å². The molecule has 2 heterocycles. The molecule has 1 aromatic heterocycles. The van der Waals surface area contributed by atoms with E-state index in [-0.39, 0.29) is 5.54 Å². The average Bonchev–Trinajstić information content (AvgIpc) is 2.90. The maximum absolute atomic E-state index is 5.46. The topological polar surface area (TPSA) is 55.2 Å². The summed E-state index contributed by atoms with van der Waals surface area (Å²) in [7, 11) is 1.81. The van der Waals surface area contributed by atoms with Crippen molar-refractivity contribution in [3.63, 3.8) is 0 Å². The lowest BCUT2D eigenvalue weighted by Gasteiger charge is -2.31. The first-order valence-electron chi connectivity index (χ1n) is 7.85. The van der Waals surface area contributed by atoms with E-state index in [9.17, 15) is 0 Å². The van der Waals surface area contributed by atoms with E-state index in [1.165, 1.54) is 12.8 Å². The molecular weight excluding hydrogens is 266 g/mol. The molecule has 1 unspecified atom stereocenters. The van der Waals surface area contributed by atoms with Crippen LogP contribution in [0, 0.1) is 0 Å². The van der Waals surface area contributed by atoms with Crippen molar-refractivity contribution < 1.29 is 4.74 Å². The summed E-state index contributed by atoms with van der Waals surface area (Å²) in [6, 6.07) is 0. The predicted molar refractivity (Wildman–Crippen MR) is 83.1 cm³/mol. The molecule has 0 aliphatic carbocycles. The Morgan fingerprint density at radius 2 is 2.19 bits per heavy atom. The van der Waals surface area contributed by atoms with Gasteiger partial charge in [0.25, 0.3) is 0 Å². The first-order valence-corrected chi connectivity index (χ1v) is 7.85. The number of hydrogen-bond donors (Lipinski definition) is 1. The number of methoxy groups -OCH3 is 1. The number of ether oxygens (including phenoxy) is 1. The zero-order valence-electron chi connectivity index (χ0n) is 13.8. The number of nitrogens with zero attached hydrogens (tertiary/aromatic N) is 4. The smallest absolute Gasteiger partial charge is 0.0965 e. The molecule has 0 aromatic carbocycles. The maximum atomic E-state index is 5.46. The van der Waals surface area contributed by atoms with E-state index in [1.807, 2.05) is 10.9 Å². The van der Waals surface area contributed by atoms with E-state index in [0.29, 0.717) is 6.10 Å². The minimum atomic E-state index is 0.104. The predicted octanol–water partition coefficient (Wildman–Crippen LogP) is 1.28. The van der Waals surface area contributed by atoms with Gasteiger partial charge in [0.05, 0.1) is 18.3 Å². The minimum Gasteiger partial charge on any atom is -0.380 e. The van der Waals surface area contributed by atoms with Gasteiger partial charge in [0, 0.05) is 38.5 Å². The second-order valence-corrected chi connectivity index (χ2v) is 6.88. The third-order valence-corrected chi connectivity index (χ3v) is 3.83. The normalized spacial score (nSPS) is 20.9. The second-order valence-electron chi connectivity index (χ2n) is 6.88. The standard InChI is InChI=1S/C15H29N5O/c1-15(2,3)16-10-13-11-20(18-17-13)9-8-19-7-5-6-14(12-19)21-4/h11,14,16H,5-10,12H2,1-4H3. The number of nitrogens with one attached hydrogen (secondary N) is 1. The number of likely N-dealkylation sites (tertiary alicyclic amines) is 1. The summed E-state index contributed by atoms with van der Waals surface area (Å²) in [4.78, 5) is 2.45. The molecule has 1 atom stereocenters. The van der Waals surface area contributed by atoms with Crippen molar-refractivity contribution in [1.82, 2.24) is 25.2 Å². The Morgan fingerprint density at radius 3 is 2.90 bits per heavy atom. The van der Waals surface area contributed by atoms with Crippen LogP contribution in [0.25, 0.3) is 0 Å². The Bertz CT molecular complexity index is 426. The lowest BCUT2D eigenvalue weighted by molar-refractivity contribution is 0.0299. The molecule has 1 aliphatic rings. The summed E-state index contributed by atoms with van der Waals surface area (Å²) in [5, 5.41) is 11.9. The largest absolute Gasteiger partial charge is 0.380 e. The SMILES string of the molecule is COC1CCCN(CCn2cc(CNC(C)(C)C)nn2)C1. The van der Waals surface area contributed by atoms with Crippen LogP contribution in [0.3, 0.4) is 0 Å². The van der Waals surface area contributed by atoms with Gasteiger partial charge in [-0.05, 0) is 40.2 Å². The van der Waals surface area contributed by atoms with E-state index < -0.39 is 0 Å². The van der Waals surface area contributed by atoms with Crippen molar-refractivity contribution in [2.75, 3.05) is 26.7 Å². The molecule has 1 aliphatic heterocycles. The molecule has 6 nitrogen and oxygen atoms in total. The Hall–Kier alpha value is -0.980. The van der Waals surface area contributed by atoms with Crippen molar-refractivity contribution in [3.8, 4) is 0 Å². The molecule has 120 valence electrons. The van der Waals surface area contributed by atoms with Gasteiger partial charge in [-0.1, -0.05) is 5.21 Å². The van der Waals surface area contributed by atoms with E-state index in [4.69, 9.17) is 4.74 Å². The molecule has 2 rings (SSSR count). The van der Waals surface area contributed by atoms with E-state index in [1.54, 1.807) is 7.11 Å². The summed E-state index contributed by atoms with van der Waals surface area (Å²) in [5.74, 6) is 0.